The van der Waals surface area contributed by atoms with Gasteiger partial charge in [-0.15, -0.1) is 0 Å². The summed E-state index contributed by atoms with van der Waals surface area (Å²) < 4.78 is 2.46. The molecule has 1 aliphatic heterocycles. The molecule has 2 atom stereocenters. The van der Waals surface area contributed by atoms with Gasteiger partial charge in [0.05, 0.1) is 16.7 Å². The number of allylic oxidation sites excluding steroid dienone is 4. The molecule has 10 rings (SSSR count). The average molecular weight is 648 g/mol. The first-order chi connectivity index (χ1) is 24.8. The zero-order valence-electron chi connectivity index (χ0n) is 27.9. The van der Waals surface area contributed by atoms with Gasteiger partial charge in [-0.3, -0.25) is 0 Å². The molecule has 2 aliphatic carbocycles. The quantitative estimate of drug-likeness (QED) is 0.186. The van der Waals surface area contributed by atoms with Crippen LogP contribution in [0.25, 0.3) is 55.8 Å². The third kappa shape index (κ3) is 4.72. The van der Waals surface area contributed by atoms with Gasteiger partial charge in [-0.25, -0.2) is 4.98 Å². The molecule has 0 radical (unpaired) electrons. The molecular weight excluding hydrogens is 611 g/mol. The maximum absolute atomic E-state index is 5.37. The van der Waals surface area contributed by atoms with Crippen molar-refractivity contribution in [2.45, 2.75) is 50.5 Å². The predicted molar refractivity (Wildman–Crippen MR) is 205 cm³/mol. The van der Waals surface area contributed by atoms with E-state index < -0.39 is 0 Å². The Morgan fingerprint density at radius 2 is 1.28 bits per heavy atom. The van der Waals surface area contributed by atoms with Crippen molar-refractivity contribution in [3.63, 3.8) is 0 Å². The Morgan fingerprint density at radius 3 is 2.06 bits per heavy atom. The van der Waals surface area contributed by atoms with Crippen LogP contribution in [0.1, 0.15) is 55.6 Å². The first kappa shape index (κ1) is 29.1. The van der Waals surface area contributed by atoms with E-state index in [0.717, 1.165) is 42.0 Å². The zero-order valence-corrected chi connectivity index (χ0v) is 27.9. The maximum Gasteiger partial charge on any atom is 0.234 e. The number of hydrogen-bond donors (Lipinski definition) is 0. The van der Waals surface area contributed by atoms with Gasteiger partial charge in [0.25, 0.3) is 0 Å². The van der Waals surface area contributed by atoms with E-state index in [9.17, 15) is 0 Å². The highest BCUT2D eigenvalue weighted by Gasteiger charge is 2.44. The van der Waals surface area contributed by atoms with Crippen LogP contribution < -0.4 is 4.90 Å². The molecule has 0 spiro atoms. The molecule has 0 bridgehead atoms. The Labute approximate surface area is 292 Å². The molecule has 0 amide bonds. The fraction of sp³-hybridized carbons (Fsp3) is 0.178. The molecular formula is C45H37N5. The molecule has 50 heavy (non-hydrogen) atoms. The largest absolute Gasteiger partial charge is 0.307 e. The molecule has 5 aromatic carbocycles. The summed E-state index contributed by atoms with van der Waals surface area (Å²) in [5, 5.41) is 2.51. The number of benzene rings is 5. The van der Waals surface area contributed by atoms with Gasteiger partial charge in [-0.2, -0.15) is 9.97 Å². The molecule has 0 N–H and O–H groups in total. The highest BCUT2D eigenvalue weighted by molar-refractivity contribution is 6.14. The van der Waals surface area contributed by atoms with E-state index in [4.69, 9.17) is 15.0 Å². The van der Waals surface area contributed by atoms with Crippen LogP contribution in [-0.2, 0) is 0 Å². The van der Waals surface area contributed by atoms with Crippen LogP contribution in [0, 0.1) is 0 Å². The first-order valence-electron chi connectivity index (χ1n) is 18.0. The summed E-state index contributed by atoms with van der Waals surface area (Å²) in [5.41, 5.74) is 10.7. The first-order valence-corrected chi connectivity index (χ1v) is 18.0. The van der Waals surface area contributed by atoms with Crippen molar-refractivity contribution >= 4 is 39.0 Å². The Morgan fingerprint density at radius 1 is 0.580 bits per heavy atom. The summed E-state index contributed by atoms with van der Waals surface area (Å²) in [7, 11) is 0. The fourth-order valence-electron chi connectivity index (χ4n) is 8.61. The van der Waals surface area contributed by atoms with Crippen molar-refractivity contribution in [3.8, 4) is 28.5 Å². The van der Waals surface area contributed by atoms with Crippen molar-refractivity contribution < 1.29 is 0 Å². The third-order valence-electron chi connectivity index (χ3n) is 10.9. The monoisotopic (exact) mass is 647 g/mol. The summed E-state index contributed by atoms with van der Waals surface area (Å²) >= 11 is 0. The lowest BCUT2D eigenvalue weighted by Crippen LogP contribution is -2.34. The Balaban J connectivity index is 1.22. The summed E-state index contributed by atoms with van der Waals surface area (Å²) in [6.07, 6.45) is 13.7. The summed E-state index contributed by atoms with van der Waals surface area (Å²) in [4.78, 5) is 18.3. The number of nitrogens with zero attached hydrogens (tertiary/aromatic N) is 5. The van der Waals surface area contributed by atoms with E-state index in [1.807, 2.05) is 6.07 Å². The highest BCUT2D eigenvalue weighted by atomic mass is 15.3. The number of hydrogen-bond acceptors (Lipinski definition) is 4. The molecule has 5 nitrogen and oxygen atoms in total. The lowest BCUT2D eigenvalue weighted by atomic mass is 9.82. The Bertz CT molecular complexity index is 2440. The Kier molecular flexibility index (Phi) is 6.97. The third-order valence-corrected chi connectivity index (χ3v) is 10.9. The molecule has 242 valence electrons. The van der Waals surface area contributed by atoms with Gasteiger partial charge in [0.1, 0.15) is 0 Å². The van der Waals surface area contributed by atoms with Gasteiger partial charge in [0.15, 0.2) is 11.6 Å². The van der Waals surface area contributed by atoms with Crippen LogP contribution in [0.2, 0.25) is 0 Å². The molecule has 3 heterocycles. The van der Waals surface area contributed by atoms with Crippen molar-refractivity contribution in [2.24, 2.45) is 0 Å². The molecule has 1 fully saturated rings. The Hall–Kier alpha value is -5.81. The summed E-state index contributed by atoms with van der Waals surface area (Å²) in [6.45, 7) is 0. The predicted octanol–water partition coefficient (Wildman–Crippen LogP) is 11.2. The average Bonchev–Trinajstić information content (AvgIpc) is 3.72. The van der Waals surface area contributed by atoms with Crippen molar-refractivity contribution in [1.82, 2.24) is 19.5 Å². The molecule has 5 heteroatoms. The van der Waals surface area contributed by atoms with Crippen molar-refractivity contribution in [1.29, 1.82) is 0 Å². The summed E-state index contributed by atoms with van der Waals surface area (Å²) in [5.74, 6) is 2.54. The molecule has 0 saturated heterocycles. The fourth-order valence-corrected chi connectivity index (χ4v) is 8.61. The number of fused-ring (bicyclic) bond motifs is 7. The minimum Gasteiger partial charge on any atom is -0.307 e. The lowest BCUT2D eigenvalue weighted by molar-refractivity contribution is 0.400. The molecule has 7 aromatic rings. The van der Waals surface area contributed by atoms with Crippen LogP contribution in [0.4, 0.5) is 11.6 Å². The molecule has 3 aliphatic rings. The highest BCUT2D eigenvalue weighted by Crippen LogP contribution is 2.54. The lowest BCUT2D eigenvalue weighted by Gasteiger charge is -2.32. The molecule has 2 aromatic heterocycles. The van der Waals surface area contributed by atoms with Crippen LogP contribution in [0.5, 0.6) is 0 Å². The van der Waals surface area contributed by atoms with Crippen molar-refractivity contribution in [3.05, 3.63) is 151 Å². The molecule has 1 saturated carbocycles. The van der Waals surface area contributed by atoms with Crippen LogP contribution in [-0.4, -0.2) is 25.6 Å². The number of rotatable bonds is 5. The topological polar surface area (TPSA) is 46.8 Å². The second-order valence-electron chi connectivity index (χ2n) is 13.8. The van der Waals surface area contributed by atoms with Gasteiger partial charge < -0.3 is 9.47 Å². The van der Waals surface area contributed by atoms with E-state index in [-0.39, 0.29) is 6.04 Å². The minimum atomic E-state index is 0.276. The van der Waals surface area contributed by atoms with Gasteiger partial charge in [0, 0.05) is 39.5 Å². The second-order valence-corrected chi connectivity index (χ2v) is 13.8. The van der Waals surface area contributed by atoms with Crippen LogP contribution >= 0.6 is 0 Å². The SMILES string of the molecule is C1=CC(c2ccc(-c3nc(-c4ccccc4)nc(N4c5c(ccc6c7ccccc7n(-c7ccccc7)c56)C5CCCCC54)n3)cc2)=CCC1. The minimum absolute atomic E-state index is 0.276. The van der Waals surface area contributed by atoms with Gasteiger partial charge in [-0.1, -0.05) is 134 Å². The van der Waals surface area contributed by atoms with Crippen molar-refractivity contribution in [2.75, 3.05) is 4.90 Å². The summed E-state index contributed by atoms with van der Waals surface area (Å²) in [6, 6.07) is 43.7. The maximum atomic E-state index is 5.37. The van der Waals surface area contributed by atoms with E-state index in [2.05, 4.69) is 143 Å². The van der Waals surface area contributed by atoms with Crippen LogP contribution in [0.15, 0.2) is 140 Å². The normalized spacial score (nSPS) is 18.3. The van der Waals surface area contributed by atoms with Crippen LogP contribution in [0.3, 0.4) is 0 Å². The smallest absolute Gasteiger partial charge is 0.234 e. The molecule has 2 unspecified atom stereocenters. The standard InChI is InChI=1S/C45H37N5/c1-4-14-30(15-5-1)31-24-26-33(27-25-31)44-46-43(32-16-6-2-7-17-32)47-45(48-44)50-40-23-13-11-21-36(40)38-29-28-37-35-20-10-12-22-39(35)49(41(37)42(38)50)34-18-8-3-9-19-34/h2-4,6-10,12,14-20,22,24-29,36,40H,1,5,11,13,21,23H2. The van der Waals surface area contributed by atoms with E-state index in [0.29, 0.717) is 17.6 Å². The zero-order chi connectivity index (χ0) is 33.0. The van der Waals surface area contributed by atoms with E-state index in [1.54, 1.807) is 0 Å². The van der Waals surface area contributed by atoms with Gasteiger partial charge >= 0.3 is 0 Å². The second kappa shape index (κ2) is 12.0. The van der Waals surface area contributed by atoms with E-state index in [1.165, 1.54) is 63.5 Å². The number of para-hydroxylation sites is 2. The van der Waals surface area contributed by atoms with Gasteiger partial charge in [0.2, 0.25) is 5.95 Å². The number of anilines is 2. The van der Waals surface area contributed by atoms with Gasteiger partial charge in [-0.05, 0) is 60.6 Å². The number of aromatic nitrogens is 4. The van der Waals surface area contributed by atoms with E-state index >= 15 is 0 Å².